The highest BCUT2D eigenvalue weighted by Gasteiger charge is 2.23. The normalized spacial score (nSPS) is 17.6. The van der Waals surface area contributed by atoms with Gasteiger partial charge >= 0.3 is 0 Å². The Morgan fingerprint density at radius 2 is 1.76 bits per heavy atom. The molecular weight excluding hydrogens is 460 g/mol. The van der Waals surface area contributed by atoms with Crippen molar-refractivity contribution in [2.24, 2.45) is 5.92 Å². The minimum Gasteiger partial charge on any atom is -0.362 e. The van der Waals surface area contributed by atoms with Crippen molar-refractivity contribution in [3.63, 3.8) is 0 Å². The average molecular weight is 490 g/mol. The van der Waals surface area contributed by atoms with Gasteiger partial charge in [-0.25, -0.2) is 13.8 Å². The summed E-state index contributed by atoms with van der Waals surface area (Å²) in [5, 5.41) is 7.45. The van der Waals surface area contributed by atoms with Crippen molar-refractivity contribution >= 4 is 41.0 Å². The third-order valence-corrected chi connectivity index (χ3v) is 6.12. The molecule has 1 fully saturated rings. The van der Waals surface area contributed by atoms with Gasteiger partial charge in [-0.2, -0.15) is 4.98 Å². The van der Waals surface area contributed by atoms with E-state index in [0.29, 0.717) is 24.0 Å². The van der Waals surface area contributed by atoms with Crippen LogP contribution in [0.25, 0.3) is 10.9 Å². The number of rotatable bonds is 7. The molecule has 2 N–H and O–H groups in total. The summed E-state index contributed by atoms with van der Waals surface area (Å²) < 4.78 is 26.3. The van der Waals surface area contributed by atoms with Crippen molar-refractivity contribution in [3.8, 4) is 0 Å². The fraction of sp³-hybridized carbons (Fsp3) is 0.400. The van der Waals surface area contributed by atoms with Gasteiger partial charge in [0.05, 0.1) is 11.9 Å². The molecule has 34 heavy (non-hydrogen) atoms. The Hall–Kier alpha value is -3.00. The molecule has 0 spiro atoms. The van der Waals surface area contributed by atoms with Crippen LogP contribution in [0.2, 0.25) is 0 Å². The van der Waals surface area contributed by atoms with E-state index >= 15 is 0 Å². The first-order valence-electron chi connectivity index (χ1n) is 11.3. The molecule has 1 amide bonds. The summed E-state index contributed by atoms with van der Waals surface area (Å²) in [6.45, 7) is 0.590. The maximum absolute atomic E-state index is 13.3. The van der Waals surface area contributed by atoms with Crippen LogP contribution in [0, 0.1) is 17.6 Å². The number of hydrogen-bond donors (Lipinski definition) is 2. The predicted molar refractivity (Wildman–Crippen MR) is 134 cm³/mol. The molecular formula is C25H30ClF2N5O. The largest absolute Gasteiger partial charge is 0.362 e. The van der Waals surface area contributed by atoms with Crippen molar-refractivity contribution in [1.29, 1.82) is 0 Å². The minimum absolute atomic E-state index is 0. The summed E-state index contributed by atoms with van der Waals surface area (Å²) in [6, 6.07) is 11.8. The van der Waals surface area contributed by atoms with E-state index in [4.69, 9.17) is 4.98 Å². The number of benzene rings is 2. The van der Waals surface area contributed by atoms with Crippen molar-refractivity contribution < 1.29 is 13.6 Å². The van der Waals surface area contributed by atoms with Gasteiger partial charge in [0.25, 0.3) is 0 Å². The van der Waals surface area contributed by atoms with Gasteiger partial charge in [-0.15, -0.1) is 12.4 Å². The molecule has 6 nitrogen and oxygen atoms in total. The Bertz CT molecular complexity index is 1140. The van der Waals surface area contributed by atoms with E-state index < -0.39 is 11.6 Å². The van der Waals surface area contributed by atoms with E-state index in [1.165, 1.54) is 6.07 Å². The number of fused-ring (bicyclic) bond motifs is 1. The number of carbonyl (C=O) groups is 1. The Balaban J connectivity index is 0.00000324. The number of anilines is 2. The molecule has 1 aromatic heterocycles. The topological polar surface area (TPSA) is 70.2 Å². The summed E-state index contributed by atoms with van der Waals surface area (Å²) in [4.78, 5) is 23.6. The zero-order chi connectivity index (χ0) is 23.4. The fourth-order valence-electron chi connectivity index (χ4n) is 4.31. The van der Waals surface area contributed by atoms with Crippen LogP contribution >= 0.6 is 12.4 Å². The number of carbonyl (C=O) groups excluding carboxylic acids is 1. The second-order valence-electron chi connectivity index (χ2n) is 8.87. The molecule has 0 atom stereocenters. The fourth-order valence-corrected chi connectivity index (χ4v) is 4.31. The molecule has 1 saturated carbocycles. The summed E-state index contributed by atoms with van der Waals surface area (Å²) in [7, 11) is 3.95. The lowest BCUT2D eigenvalue weighted by Gasteiger charge is -2.29. The number of para-hydroxylation sites is 1. The van der Waals surface area contributed by atoms with E-state index in [-0.39, 0.29) is 30.8 Å². The molecule has 3 aromatic rings. The highest BCUT2D eigenvalue weighted by Crippen LogP contribution is 2.28. The average Bonchev–Trinajstić information content (AvgIpc) is 2.80. The van der Waals surface area contributed by atoms with Crippen molar-refractivity contribution in [2.75, 3.05) is 30.9 Å². The van der Waals surface area contributed by atoms with Crippen LogP contribution in [0.3, 0.4) is 0 Å². The third kappa shape index (κ3) is 6.32. The van der Waals surface area contributed by atoms with Gasteiger partial charge in [0.15, 0.2) is 11.6 Å². The highest BCUT2D eigenvalue weighted by molar-refractivity contribution is 5.90. The monoisotopic (exact) mass is 489 g/mol. The van der Waals surface area contributed by atoms with E-state index in [2.05, 4.69) is 15.6 Å². The standard InChI is InChI=1S/C25H29F2N5O.ClH/c1-32(2)24-19-5-3-4-6-22(19)30-25(31-24)29-18-10-7-16(8-11-18)15-28-23(33)14-17-9-12-20(26)21(27)13-17;/h3-6,9,12-13,16,18H,7-8,10-11,14-15H2,1-2H3,(H,28,33)(H,29,30,31);1H/t16-,18+;. The van der Waals surface area contributed by atoms with E-state index in [0.717, 1.165) is 54.5 Å². The maximum Gasteiger partial charge on any atom is 0.225 e. The van der Waals surface area contributed by atoms with Crippen molar-refractivity contribution in [3.05, 3.63) is 59.7 Å². The first-order chi connectivity index (χ1) is 15.9. The van der Waals surface area contributed by atoms with Crippen LogP contribution < -0.4 is 15.5 Å². The lowest BCUT2D eigenvalue weighted by atomic mass is 9.86. The Kier molecular flexibility index (Phi) is 8.61. The van der Waals surface area contributed by atoms with Gasteiger partial charge in [0.1, 0.15) is 5.82 Å². The molecule has 0 saturated heterocycles. The van der Waals surface area contributed by atoms with E-state index in [1.807, 2.05) is 43.3 Å². The quantitative estimate of drug-likeness (QED) is 0.502. The summed E-state index contributed by atoms with van der Waals surface area (Å²) >= 11 is 0. The first kappa shape index (κ1) is 25.6. The molecule has 1 aliphatic carbocycles. The molecule has 0 aliphatic heterocycles. The number of hydrogen-bond acceptors (Lipinski definition) is 5. The maximum atomic E-state index is 13.3. The van der Waals surface area contributed by atoms with Gasteiger partial charge in [0, 0.05) is 32.1 Å². The Morgan fingerprint density at radius 1 is 1.03 bits per heavy atom. The molecule has 182 valence electrons. The zero-order valence-corrected chi connectivity index (χ0v) is 20.2. The molecule has 4 rings (SSSR count). The Labute approximate surface area is 204 Å². The molecule has 0 bridgehead atoms. The van der Waals surface area contributed by atoms with Gasteiger partial charge in [-0.3, -0.25) is 4.79 Å². The molecule has 2 aromatic carbocycles. The van der Waals surface area contributed by atoms with Gasteiger partial charge in [-0.1, -0.05) is 18.2 Å². The van der Waals surface area contributed by atoms with Gasteiger partial charge in [-0.05, 0) is 61.4 Å². The van der Waals surface area contributed by atoms with E-state index in [1.54, 1.807) is 0 Å². The second kappa shape index (κ2) is 11.4. The highest BCUT2D eigenvalue weighted by atomic mass is 35.5. The Morgan fingerprint density at radius 3 is 2.47 bits per heavy atom. The van der Waals surface area contributed by atoms with Crippen molar-refractivity contribution in [2.45, 2.75) is 38.1 Å². The van der Waals surface area contributed by atoms with Gasteiger partial charge in [0.2, 0.25) is 11.9 Å². The number of nitrogens with one attached hydrogen (secondary N) is 2. The van der Waals surface area contributed by atoms with Gasteiger partial charge < -0.3 is 15.5 Å². The SMILES string of the molecule is CN(C)c1nc(N[C@H]2CC[C@@H](CNC(=O)Cc3ccc(F)c(F)c3)CC2)nc2ccccc12.Cl. The lowest BCUT2D eigenvalue weighted by molar-refractivity contribution is -0.120. The number of nitrogens with zero attached hydrogens (tertiary/aromatic N) is 3. The third-order valence-electron chi connectivity index (χ3n) is 6.12. The van der Waals surface area contributed by atoms with Crippen LogP contribution in [-0.2, 0) is 11.2 Å². The number of aromatic nitrogens is 2. The number of amides is 1. The zero-order valence-electron chi connectivity index (χ0n) is 19.4. The van der Waals surface area contributed by atoms with Crippen LogP contribution in [0.4, 0.5) is 20.5 Å². The molecule has 0 radical (unpaired) electrons. The first-order valence-corrected chi connectivity index (χ1v) is 11.3. The summed E-state index contributed by atoms with van der Waals surface area (Å²) in [5.41, 5.74) is 1.38. The molecule has 9 heteroatoms. The van der Waals surface area contributed by atoms with Crippen molar-refractivity contribution in [1.82, 2.24) is 15.3 Å². The van der Waals surface area contributed by atoms with Crippen LogP contribution in [0.15, 0.2) is 42.5 Å². The molecule has 1 heterocycles. The summed E-state index contributed by atoms with van der Waals surface area (Å²) in [5.74, 6) is -0.0918. The summed E-state index contributed by atoms with van der Waals surface area (Å²) in [6.07, 6.45) is 3.95. The molecule has 1 aliphatic rings. The van der Waals surface area contributed by atoms with E-state index in [9.17, 15) is 13.6 Å². The minimum atomic E-state index is -0.931. The van der Waals surface area contributed by atoms with Crippen LogP contribution in [-0.4, -0.2) is 42.6 Å². The second-order valence-corrected chi connectivity index (χ2v) is 8.87. The molecule has 0 unspecified atom stereocenters. The predicted octanol–water partition coefficient (Wildman–Crippen LogP) is 4.73. The smallest absolute Gasteiger partial charge is 0.225 e. The van der Waals surface area contributed by atoms with Crippen LogP contribution in [0.5, 0.6) is 0 Å². The lowest BCUT2D eigenvalue weighted by Crippen LogP contribution is -2.34. The van der Waals surface area contributed by atoms with Crippen LogP contribution in [0.1, 0.15) is 31.2 Å². The number of halogens is 3.